The van der Waals surface area contributed by atoms with Gasteiger partial charge in [-0.2, -0.15) is 17.9 Å². The first-order valence-corrected chi connectivity index (χ1v) is 13.5. The van der Waals surface area contributed by atoms with Crippen LogP contribution in [0.3, 0.4) is 0 Å². The Morgan fingerprint density at radius 1 is 0.971 bits per heavy atom. The van der Waals surface area contributed by atoms with Crippen LogP contribution in [0.25, 0.3) is 0 Å². The second-order valence-electron chi connectivity index (χ2n) is 7.69. The molecule has 0 saturated heterocycles. The van der Waals surface area contributed by atoms with Crippen molar-refractivity contribution in [2.45, 2.75) is 17.4 Å². The van der Waals surface area contributed by atoms with Gasteiger partial charge in [-0.3, -0.25) is 4.72 Å². The fourth-order valence-corrected chi connectivity index (χ4v) is 5.65. The Kier molecular flexibility index (Phi) is 6.32. The number of nitrogens with one attached hydrogen (secondary N) is 1. The molecule has 0 radical (unpaired) electrons. The lowest BCUT2D eigenvalue weighted by Gasteiger charge is -2.23. The van der Waals surface area contributed by atoms with E-state index in [1.165, 1.54) is 49.6 Å². The van der Waals surface area contributed by atoms with E-state index in [0.29, 0.717) is 22.7 Å². The van der Waals surface area contributed by atoms with E-state index in [1.807, 2.05) is 0 Å². The van der Waals surface area contributed by atoms with E-state index in [-0.39, 0.29) is 16.9 Å². The van der Waals surface area contributed by atoms with E-state index in [9.17, 15) is 21.2 Å². The molecular weight excluding hydrogens is 481 g/mol. The zero-order valence-electron chi connectivity index (χ0n) is 18.3. The van der Waals surface area contributed by atoms with Gasteiger partial charge in [-0.25, -0.2) is 12.8 Å². The normalized spacial score (nSPS) is 16.3. The Balaban J connectivity index is 1.74. The average molecular weight is 504 g/mol. The largest absolute Gasteiger partial charge is 0.497 e. The molecule has 178 valence electrons. The third-order valence-corrected chi connectivity index (χ3v) is 7.56. The highest BCUT2D eigenvalue weighted by molar-refractivity contribution is 7.92. The highest BCUT2D eigenvalue weighted by Crippen LogP contribution is 2.38. The SMILES string of the molecule is COc1ccc(S(=O)(=O)N2N=C(c3ccc(NS(C)(=O)=O)cc3)C[C@@H]2c2ccccc2F)cc1. The predicted octanol–water partition coefficient (Wildman–Crippen LogP) is 3.75. The summed E-state index contributed by atoms with van der Waals surface area (Å²) in [4.78, 5) is -0.00709. The number of sulfonamides is 2. The van der Waals surface area contributed by atoms with Gasteiger partial charge in [0.1, 0.15) is 11.6 Å². The highest BCUT2D eigenvalue weighted by atomic mass is 32.2. The summed E-state index contributed by atoms with van der Waals surface area (Å²) in [5.41, 5.74) is 1.58. The first-order chi connectivity index (χ1) is 16.1. The van der Waals surface area contributed by atoms with Gasteiger partial charge in [0, 0.05) is 17.7 Å². The van der Waals surface area contributed by atoms with Gasteiger partial charge in [0.25, 0.3) is 10.0 Å². The van der Waals surface area contributed by atoms with Crippen LogP contribution in [0.4, 0.5) is 10.1 Å². The number of anilines is 1. The van der Waals surface area contributed by atoms with Crippen LogP contribution in [-0.4, -0.2) is 40.3 Å². The fraction of sp³-hybridized carbons (Fsp3) is 0.174. The zero-order chi connectivity index (χ0) is 24.5. The Morgan fingerprint density at radius 2 is 1.62 bits per heavy atom. The van der Waals surface area contributed by atoms with Crippen molar-refractivity contribution in [2.24, 2.45) is 5.10 Å². The number of halogens is 1. The molecule has 0 amide bonds. The number of nitrogens with zero attached hydrogens (tertiary/aromatic N) is 2. The summed E-state index contributed by atoms with van der Waals surface area (Å²) in [6.07, 6.45) is 1.18. The van der Waals surface area contributed by atoms with Crippen LogP contribution in [0, 0.1) is 5.82 Å². The Labute approximate surface area is 197 Å². The van der Waals surface area contributed by atoms with Gasteiger partial charge >= 0.3 is 0 Å². The molecule has 0 bridgehead atoms. The lowest BCUT2D eigenvalue weighted by atomic mass is 9.99. The maximum atomic E-state index is 14.7. The lowest BCUT2D eigenvalue weighted by Crippen LogP contribution is -2.27. The summed E-state index contributed by atoms with van der Waals surface area (Å²) >= 11 is 0. The molecule has 8 nitrogen and oxygen atoms in total. The number of hydrogen-bond donors (Lipinski definition) is 1. The minimum Gasteiger partial charge on any atom is -0.497 e. The number of methoxy groups -OCH3 is 1. The van der Waals surface area contributed by atoms with Gasteiger partial charge in [-0.05, 0) is 48.0 Å². The van der Waals surface area contributed by atoms with Crippen LogP contribution in [0.1, 0.15) is 23.6 Å². The molecular formula is C23H22FN3O5S2. The molecule has 34 heavy (non-hydrogen) atoms. The van der Waals surface area contributed by atoms with Crippen molar-refractivity contribution in [3.05, 3.63) is 89.7 Å². The molecule has 1 N–H and O–H groups in total. The number of rotatable bonds is 7. The van der Waals surface area contributed by atoms with Crippen molar-refractivity contribution in [3.8, 4) is 5.75 Å². The van der Waals surface area contributed by atoms with Crippen LogP contribution >= 0.6 is 0 Å². The minimum atomic E-state index is -4.12. The fourth-order valence-electron chi connectivity index (χ4n) is 3.66. The van der Waals surface area contributed by atoms with E-state index in [4.69, 9.17) is 4.74 Å². The Hall–Kier alpha value is -3.44. The molecule has 0 aromatic heterocycles. The van der Waals surface area contributed by atoms with Gasteiger partial charge in [0.15, 0.2) is 0 Å². The second-order valence-corrected chi connectivity index (χ2v) is 11.2. The lowest BCUT2D eigenvalue weighted by molar-refractivity contribution is 0.362. The third kappa shape index (κ3) is 4.90. The maximum absolute atomic E-state index is 14.7. The molecule has 11 heteroatoms. The van der Waals surface area contributed by atoms with Crippen molar-refractivity contribution < 1.29 is 26.0 Å². The van der Waals surface area contributed by atoms with E-state index < -0.39 is 31.9 Å². The van der Waals surface area contributed by atoms with Gasteiger partial charge < -0.3 is 4.74 Å². The van der Waals surface area contributed by atoms with Gasteiger partial charge in [0.05, 0.1) is 30.0 Å². The molecule has 0 fully saturated rings. The topological polar surface area (TPSA) is 105 Å². The zero-order valence-corrected chi connectivity index (χ0v) is 20.0. The number of ether oxygens (including phenoxy) is 1. The number of benzene rings is 3. The minimum absolute atomic E-state index is 0.00709. The van der Waals surface area contributed by atoms with Gasteiger partial charge in [-0.1, -0.05) is 30.3 Å². The molecule has 1 heterocycles. The number of hydrazone groups is 1. The van der Waals surface area contributed by atoms with Crippen molar-refractivity contribution in [1.29, 1.82) is 0 Å². The highest BCUT2D eigenvalue weighted by Gasteiger charge is 2.38. The standard InChI is InChI=1S/C23H22FN3O5S2/c1-32-18-11-13-19(14-12-18)34(30,31)27-23(20-5-3-4-6-21(20)24)15-22(25-27)16-7-9-17(10-8-16)26-33(2,28)29/h3-14,23,26H,15H2,1-2H3/t23-/m1/s1. The van der Waals surface area contributed by atoms with Crippen LogP contribution in [-0.2, 0) is 20.0 Å². The summed E-state index contributed by atoms with van der Waals surface area (Å²) in [5, 5.41) is 4.38. The van der Waals surface area contributed by atoms with E-state index in [2.05, 4.69) is 9.82 Å². The Bertz CT molecular complexity index is 1440. The van der Waals surface area contributed by atoms with Crippen LogP contribution < -0.4 is 9.46 Å². The number of hydrogen-bond acceptors (Lipinski definition) is 6. The van der Waals surface area contributed by atoms with Crippen molar-refractivity contribution >= 4 is 31.4 Å². The molecule has 0 saturated carbocycles. The van der Waals surface area contributed by atoms with E-state index in [0.717, 1.165) is 10.7 Å². The van der Waals surface area contributed by atoms with E-state index in [1.54, 1.807) is 30.3 Å². The van der Waals surface area contributed by atoms with Crippen molar-refractivity contribution in [2.75, 3.05) is 18.1 Å². The maximum Gasteiger partial charge on any atom is 0.279 e. The van der Waals surface area contributed by atoms with Gasteiger partial charge in [-0.15, -0.1) is 0 Å². The predicted molar refractivity (Wildman–Crippen MR) is 127 cm³/mol. The Morgan fingerprint density at radius 3 is 2.21 bits per heavy atom. The summed E-state index contributed by atoms with van der Waals surface area (Å²) in [5.74, 6) is -0.0374. The van der Waals surface area contributed by atoms with Crippen LogP contribution in [0.5, 0.6) is 5.75 Å². The third-order valence-electron chi connectivity index (χ3n) is 5.26. The average Bonchev–Trinajstić information content (AvgIpc) is 3.25. The molecule has 3 aromatic rings. The first-order valence-electron chi connectivity index (χ1n) is 10.2. The second kappa shape index (κ2) is 9.07. The van der Waals surface area contributed by atoms with Gasteiger partial charge in [0.2, 0.25) is 10.0 Å². The summed E-state index contributed by atoms with van der Waals surface area (Å²) in [6.45, 7) is 0. The molecule has 0 unspecified atom stereocenters. The summed E-state index contributed by atoms with van der Waals surface area (Å²) in [7, 11) is -6.08. The van der Waals surface area contributed by atoms with Crippen LogP contribution in [0.15, 0.2) is 82.8 Å². The molecule has 0 aliphatic carbocycles. The van der Waals surface area contributed by atoms with Crippen molar-refractivity contribution in [1.82, 2.24) is 4.41 Å². The quantitative estimate of drug-likeness (QED) is 0.529. The molecule has 3 aromatic carbocycles. The summed E-state index contributed by atoms with van der Waals surface area (Å²) in [6, 6.07) is 17.3. The molecule has 0 spiro atoms. The summed E-state index contributed by atoms with van der Waals surface area (Å²) < 4.78 is 73.0. The molecule has 1 aliphatic heterocycles. The van der Waals surface area contributed by atoms with Crippen LogP contribution in [0.2, 0.25) is 0 Å². The monoisotopic (exact) mass is 503 g/mol. The molecule has 4 rings (SSSR count). The smallest absolute Gasteiger partial charge is 0.279 e. The van der Waals surface area contributed by atoms with Crippen molar-refractivity contribution in [3.63, 3.8) is 0 Å². The molecule has 1 atom stereocenters. The first kappa shape index (κ1) is 23.7. The molecule has 1 aliphatic rings. The van der Waals surface area contributed by atoms with E-state index >= 15 is 0 Å².